The van der Waals surface area contributed by atoms with E-state index in [-0.39, 0.29) is 0 Å². The molecule has 0 saturated carbocycles. The highest BCUT2D eigenvalue weighted by Crippen LogP contribution is 2.22. The van der Waals surface area contributed by atoms with E-state index in [9.17, 15) is 0 Å². The van der Waals surface area contributed by atoms with Crippen molar-refractivity contribution in [1.29, 1.82) is 0 Å². The molecule has 0 saturated heterocycles. The minimum Gasteiger partial charge on any atom is -0.314 e. The van der Waals surface area contributed by atoms with Gasteiger partial charge in [0.15, 0.2) is 0 Å². The average Bonchev–Trinajstić information content (AvgIpc) is 2.49. The van der Waals surface area contributed by atoms with E-state index in [2.05, 4.69) is 23.3 Å². The molecule has 1 unspecified atom stereocenters. The number of hydrogen-bond acceptors (Lipinski definition) is 2. The van der Waals surface area contributed by atoms with Crippen molar-refractivity contribution in [3.8, 4) is 0 Å². The predicted molar refractivity (Wildman–Crippen MR) is 90.2 cm³/mol. The highest BCUT2D eigenvalue weighted by molar-refractivity contribution is 6.35. The molecule has 0 amide bonds. The Bertz CT molecular complexity index is 558. The first kappa shape index (κ1) is 16.3. The van der Waals surface area contributed by atoms with Gasteiger partial charge < -0.3 is 5.32 Å². The van der Waals surface area contributed by atoms with E-state index in [0.717, 1.165) is 42.1 Å². The van der Waals surface area contributed by atoms with Gasteiger partial charge in [0.05, 0.1) is 0 Å². The molecular weight excluding hydrogens is 303 g/mol. The minimum absolute atomic E-state index is 0.385. The maximum absolute atomic E-state index is 6.27. The molecule has 2 rings (SSSR count). The fraction of sp³-hybridized carbons (Fsp3) is 0.353. The second kappa shape index (κ2) is 8.38. The van der Waals surface area contributed by atoms with Crippen molar-refractivity contribution >= 4 is 23.2 Å². The molecule has 4 heteroatoms. The summed E-state index contributed by atoms with van der Waals surface area (Å²) < 4.78 is 0. The first-order chi connectivity index (χ1) is 10.2. The van der Waals surface area contributed by atoms with Crippen LogP contribution in [0.15, 0.2) is 42.6 Å². The molecular formula is C17H20Cl2N2. The Balaban J connectivity index is 1.98. The van der Waals surface area contributed by atoms with Crippen LogP contribution in [-0.2, 0) is 12.8 Å². The summed E-state index contributed by atoms with van der Waals surface area (Å²) in [7, 11) is 0. The lowest BCUT2D eigenvalue weighted by Gasteiger charge is -2.18. The lowest BCUT2D eigenvalue weighted by Crippen LogP contribution is -2.31. The standard InChI is InChI=1S/C17H20Cl2N2/c1-2-20-16(9-8-15-5-3-4-10-21-15)11-13-6-7-14(18)12-17(13)19/h3-7,10,12,16,20H,2,8-9,11H2,1H3. The molecule has 1 aromatic carbocycles. The molecule has 112 valence electrons. The minimum atomic E-state index is 0.385. The van der Waals surface area contributed by atoms with Gasteiger partial charge in [0, 0.05) is 28.0 Å². The van der Waals surface area contributed by atoms with E-state index in [4.69, 9.17) is 23.2 Å². The second-order valence-electron chi connectivity index (χ2n) is 5.05. The first-order valence-electron chi connectivity index (χ1n) is 7.26. The van der Waals surface area contributed by atoms with E-state index in [1.165, 1.54) is 0 Å². The molecule has 1 heterocycles. The van der Waals surface area contributed by atoms with E-state index in [0.29, 0.717) is 11.1 Å². The fourth-order valence-electron chi connectivity index (χ4n) is 2.39. The molecule has 0 bridgehead atoms. The Labute approximate surface area is 136 Å². The second-order valence-corrected chi connectivity index (χ2v) is 5.90. The zero-order chi connectivity index (χ0) is 15.1. The quantitative estimate of drug-likeness (QED) is 0.809. The van der Waals surface area contributed by atoms with Crippen molar-refractivity contribution in [2.75, 3.05) is 6.54 Å². The van der Waals surface area contributed by atoms with Gasteiger partial charge in [-0.3, -0.25) is 4.98 Å². The fourth-order valence-corrected chi connectivity index (χ4v) is 2.87. The molecule has 1 aromatic heterocycles. The van der Waals surface area contributed by atoms with Crippen LogP contribution in [-0.4, -0.2) is 17.6 Å². The van der Waals surface area contributed by atoms with E-state index >= 15 is 0 Å². The zero-order valence-corrected chi connectivity index (χ0v) is 13.7. The van der Waals surface area contributed by atoms with Crippen LogP contribution in [0.2, 0.25) is 10.0 Å². The van der Waals surface area contributed by atoms with Gasteiger partial charge in [-0.15, -0.1) is 0 Å². The van der Waals surface area contributed by atoms with Crippen LogP contribution in [0.3, 0.4) is 0 Å². The number of benzene rings is 1. The van der Waals surface area contributed by atoms with Crippen LogP contribution < -0.4 is 5.32 Å². The Morgan fingerprint density at radius 1 is 1.19 bits per heavy atom. The zero-order valence-electron chi connectivity index (χ0n) is 12.2. The number of hydrogen-bond donors (Lipinski definition) is 1. The SMILES string of the molecule is CCNC(CCc1ccccn1)Cc1ccc(Cl)cc1Cl. The Kier molecular flexibility index (Phi) is 6.50. The predicted octanol–water partition coefficient (Wildman–Crippen LogP) is 4.54. The number of likely N-dealkylation sites (N-methyl/N-ethyl adjacent to an activating group) is 1. The molecule has 2 nitrogen and oxygen atoms in total. The first-order valence-corrected chi connectivity index (χ1v) is 8.02. The van der Waals surface area contributed by atoms with Gasteiger partial charge >= 0.3 is 0 Å². The third-order valence-electron chi connectivity index (χ3n) is 3.45. The van der Waals surface area contributed by atoms with Gasteiger partial charge in [0.1, 0.15) is 0 Å². The van der Waals surface area contributed by atoms with E-state index in [1.807, 2.05) is 30.5 Å². The van der Waals surface area contributed by atoms with Crippen molar-refractivity contribution in [2.45, 2.75) is 32.2 Å². The van der Waals surface area contributed by atoms with Crippen LogP contribution in [0, 0.1) is 0 Å². The number of nitrogens with one attached hydrogen (secondary N) is 1. The van der Waals surface area contributed by atoms with Crippen molar-refractivity contribution in [1.82, 2.24) is 10.3 Å². The number of halogens is 2. The summed E-state index contributed by atoms with van der Waals surface area (Å²) in [4.78, 5) is 4.38. The highest BCUT2D eigenvalue weighted by Gasteiger charge is 2.11. The maximum atomic E-state index is 6.27. The monoisotopic (exact) mass is 322 g/mol. The number of aromatic nitrogens is 1. The topological polar surface area (TPSA) is 24.9 Å². The van der Waals surface area contributed by atoms with E-state index in [1.54, 1.807) is 6.07 Å². The number of nitrogens with zero attached hydrogens (tertiary/aromatic N) is 1. The average molecular weight is 323 g/mol. The van der Waals surface area contributed by atoms with Crippen LogP contribution in [0.1, 0.15) is 24.6 Å². The molecule has 21 heavy (non-hydrogen) atoms. The van der Waals surface area contributed by atoms with Crippen LogP contribution in [0.5, 0.6) is 0 Å². The third kappa shape index (κ3) is 5.31. The molecule has 2 aromatic rings. The molecule has 0 radical (unpaired) electrons. The largest absolute Gasteiger partial charge is 0.314 e. The Hall–Kier alpha value is -1.09. The summed E-state index contributed by atoms with van der Waals surface area (Å²) in [5.41, 5.74) is 2.26. The summed E-state index contributed by atoms with van der Waals surface area (Å²) in [6.07, 6.45) is 4.73. The van der Waals surface area contributed by atoms with Crippen LogP contribution in [0.25, 0.3) is 0 Å². The molecule has 1 N–H and O–H groups in total. The molecule has 0 aliphatic carbocycles. The normalized spacial score (nSPS) is 12.3. The Morgan fingerprint density at radius 3 is 2.71 bits per heavy atom. The molecule has 0 aliphatic rings. The van der Waals surface area contributed by atoms with Crippen molar-refractivity contribution in [3.05, 3.63) is 63.9 Å². The number of pyridine rings is 1. The van der Waals surface area contributed by atoms with Crippen LogP contribution >= 0.6 is 23.2 Å². The van der Waals surface area contributed by atoms with Gasteiger partial charge in [-0.05, 0) is 55.6 Å². The summed E-state index contributed by atoms with van der Waals surface area (Å²) in [5, 5.41) is 4.94. The highest BCUT2D eigenvalue weighted by atomic mass is 35.5. The van der Waals surface area contributed by atoms with Crippen LogP contribution in [0.4, 0.5) is 0 Å². The van der Waals surface area contributed by atoms with E-state index < -0.39 is 0 Å². The van der Waals surface area contributed by atoms with Gasteiger partial charge in [-0.2, -0.15) is 0 Å². The van der Waals surface area contributed by atoms with Crippen molar-refractivity contribution in [3.63, 3.8) is 0 Å². The molecule has 0 aliphatic heterocycles. The third-order valence-corrected chi connectivity index (χ3v) is 4.04. The summed E-state index contributed by atoms with van der Waals surface area (Å²) in [6.45, 7) is 3.06. The van der Waals surface area contributed by atoms with Gasteiger partial charge in [-0.1, -0.05) is 42.3 Å². The Morgan fingerprint density at radius 2 is 2.05 bits per heavy atom. The summed E-state index contributed by atoms with van der Waals surface area (Å²) in [6, 6.07) is 12.1. The number of aryl methyl sites for hydroxylation is 1. The van der Waals surface area contributed by atoms with Crippen molar-refractivity contribution < 1.29 is 0 Å². The van der Waals surface area contributed by atoms with Crippen molar-refractivity contribution in [2.24, 2.45) is 0 Å². The molecule has 1 atom stereocenters. The summed E-state index contributed by atoms with van der Waals surface area (Å²) >= 11 is 12.2. The van der Waals surface area contributed by atoms with Gasteiger partial charge in [-0.25, -0.2) is 0 Å². The van der Waals surface area contributed by atoms with Gasteiger partial charge in [0.25, 0.3) is 0 Å². The molecule has 0 spiro atoms. The lowest BCUT2D eigenvalue weighted by molar-refractivity contribution is 0.489. The smallest absolute Gasteiger partial charge is 0.0453 e. The maximum Gasteiger partial charge on any atom is 0.0453 e. The number of rotatable bonds is 7. The van der Waals surface area contributed by atoms with Gasteiger partial charge in [0.2, 0.25) is 0 Å². The molecule has 0 fully saturated rings. The summed E-state index contributed by atoms with van der Waals surface area (Å²) in [5.74, 6) is 0. The lowest BCUT2D eigenvalue weighted by atomic mass is 10.0.